The number of benzene rings is 1. The van der Waals surface area contributed by atoms with Crippen molar-refractivity contribution in [1.29, 1.82) is 0 Å². The van der Waals surface area contributed by atoms with E-state index in [-0.39, 0.29) is 11.9 Å². The van der Waals surface area contributed by atoms with Crippen molar-refractivity contribution in [2.45, 2.75) is 25.8 Å². The molecule has 0 spiro atoms. The van der Waals surface area contributed by atoms with Crippen LogP contribution >= 0.6 is 22.9 Å². The van der Waals surface area contributed by atoms with Gasteiger partial charge in [0, 0.05) is 29.1 Å². The molecule has 0 bridgehead atoms. The topological polar surface area (TPSA) is 33.2 Å². The quantitative estimate of drug-likeness (QED) is 0.840. The van der Waals surface area contributed by atoms with Crippen molar-refractivity contribution in [3.63, 3.8) is 0 Å². The number of hydrogen-bond acceptors (Lipinski definition) is 3. The van der Waals surface area contributed by atoms with Crippen LogP contribution in [0.5, 0.6) is 0 Å². The Kier molecular flexibility index (Phi) is 4.00. The second-order valence-electron chi connectivity index (χ2n) is 5.54. The summed E-state index contributed by atoms with van der Waals surface area (Å²) in [5.74, 6) is 0.656. The molecule has 0 radical (unpaired) electrons. The summed E-state index contributed by atoms with van der Waals surface area (Å²) in [6.45, 7) is 2.11. The van der Waals surface area contributed by atoms with Gasteiger partial charge in [0.05, 0.1) is 0 Å². The van der Waals surface area contributed by atoms with Crippen molar-refractivity contribution in [3.05, 3.63) is 40.4 Å². The summed E-state index contributed by atoms with van der Waals surface area (Å²) in [6.07, 6.45) is 2.45. The molecule has 110 valence electrons. The fraction of sp³-hybridized carbons (Fsp3) is 0.375. The number of rotatable bonds is 4. The van der Waals surface area contributed by atoms with E-state index >= 15 is 0 Å². The van der Waals surface area contributed by atoms with Crippen molar-refractivity contribution >= 4 is 28.8 Å². The molecule has 1 aliphatic rings. The Balaban J connectivity index is 1.79. The lowest BCUT2D eigenvalue weighted by atomic mass is 10.2. The van der Waals surface area contributed by atoms with Gasteiger partial charge >= 0.3 is 0 Å². The highest BCUT2D eigenvalue weighted by molar-refractivity contribution is 7.13. The highest BCUT2D eigenvalue weighted by atomic mass is 35.5. The third kappa shape index (κ3) is 3.11. The van der Waals surface area contributed by atoms with E-state index in [1.54, 1.807) is 0 Å². The predicted molar refractivity (Wildman–Crippen MR) is 86.8 cm³/mol. The smallest absolute Gasteiger partial charge is 0.273 e. The van der Waals surface area contributed by atoms with Crippen LogP contribution < -0.4 is 0 Å². The Labute approximate surface area is 133 Å². The van der Waals surface area contributed by atoms with Crippen LogP contribution in [-0.2, 0) is 0 Å². The molecule has 2 aromatic rings. The maximum atomic E-state index is 12.5. The number of carbonyl (C=O) groups excluding carboxylic acids is 1. The second kappa shape index (κ2) is 5.78. The van der Waals surface area contributed by atoms with Gasteiger partial charge in [-0.1, -0.05) is 23.7 Å². The van der Waals surface area contributed by atoms with Crippen LogP contribution in [0, 0.1) is 5.92 Å². The summed E-state index contributed by atoms with van der Waals surface area (Å²) in [5, 5.41) is 3.33. The van der Waals surface area contributed by atoms with Crippen molar-refractivity contribution in [3.8, 4) is 10.6 Å². The molecule has 21 heavy (non-hydrogen) atoms. The van der Waals surface area contributed by atoms with E-state index in [9.17, 15) is 4.79 Å². The number of nitrogens with zero attached hydrogens (tertiary/aromatic N) is 2. The van der Waals surface area contributed by atoms with E-state index in [4.69, 9.17) is 11.6 Å². The average Bonchev–Trinajstić information content (AvgIpc) is 3.22. The maximum absolute atomic E-state index is 12.5. The third-order valence-corrected chi connectivity index (χ3v) is 5.16. The van der Waals surface area contributed by atoms with Gasteiger partial charge in [-0.3, -0.25) is 4.79 Å². The van der Waals surface area contributed by atoms with Gasteiger partial charge in [-0.25, -0.2) is 4.98 Å². The summed E-state index contributed by atoms with van der Waals surface area (Å²) in [4.78, 5) is 18.8. The van der Waals surface area contributed by atoms with E-state index in [0.717, 1.165) is 10.6 Å². The largest absolute Gasteiger partial charge is 0.337 e. The Hall–Kier alpha value is -1.39. The number of amides is 1. The lowest BCUT2D eigenvalue weighted by molar-refractivity contribution is 0.0722. The van der Waals surface area contributed by atoms with Crippen molar-refractivity contribution < 1.29 is 4.79 Å². The molecule has 1 fully saturated rings. The molecular weight excluding hydrogens is 304 g/mol. The average molecular weight is 321 g/mol. The zero-order valence-electron chi connectivity index (χ0n) is 12.0. The van der Waals surface area contributed by atoms with Crippen molar-refractivity contribution in [2.24, 2.45) is 5.92 Å². The lowest BCUT2D eigenvalue weighted by Crippen LogP contribution is -2.36. The molecule has 0 aliphatic heterocycles. The first-order chi connectivity index (χ1) is 10.1. The molecule has 1 atom stereocenters. The molecule has 1 amide bonds. The van der Waals surface area contributed by atoms with Gasteiger partial charge in [-0.05, 0) is 37.8 Å². The van der Waals surface area contributed by atoms with E-state index in [0.29, 0.717) is 16.6 Å². The fourth-order valence-corrected chi connectivity index (χ4v) is 3.37. The van der Waals surface area contributed by atoms with Crippen LogP contribution in [0.2, 0.25) is 5.02 Å². The first kappa shape index (κ1) is 14.5. The molecule has 1 unspecified atom stereocenters. The third-order valence-electron chi connectivity index (χ3n) is 4.03. The molecule has 3 nitrogen and oxygen atoms in total. The molecule has 1 heterocycles. The molecule has 1 aromatic carbocycles. The number of hydrogen-bond donors (Lipinski definition) is 0. The molecule has 0 saturated heterocycles. The van der Waals surface area contributed by atoms with Crippen LogP contribution in [0.15, 0.2) is 29.6 Å². The normalized spacial score (nSPS) is 15.8. The van der Waals surface area contributed by atoms with E-state index in [2.05, 4.69) is 11.9 Å². The minimum absolute atomic E-state index is 0.000993. The summed E-state index contributed by atoms with van der Waals surface area (Å²) >= 11 is 7.48. The standard InChI is InChI=1S/C16H17ClN2OS/c1-10(11-6-7-11)19(2)16(20)14-9-21-15(18-14)12-4-3-5-13(17)8-12/h3-5,8-11H,6-7H2,1-2H3. The summed E-state index contributed by atoms with van der Waals surface area (Å²) in [5.41, 5.74) is 1.47. The summed E-state index contributed by atoms with van der Waals surface area (Å²) < 4.78 is 0. The van der Waals surface area contributed by atoms with Gasteiger partial charge in [-0.2, -0.15) is 0 Å². The molecule has 0 N–H and O–H groups in total. The van der Waals surface area contributed by atoms with Gasteiger partial charge < -0.3 is 4.90 Å². The number of halogens is 1. The number of carbonyl (C=O) groups is 1. The Morgan fingerprint density at radius 3 is 2.90 bits per heavy atom. The predicted octanol–water partition coefficient (Wildman–Crippen LogP) is 4.33. The van der Waals surface area contributed by atoms with Crippen molar-refractivity contribution in [1.82, 2.24) is 9.88 Å². The lowest BCUT2D eigenvalue weighted by Gasteiger charge is -2.23. The van der Waals surface area contributed by atoms with Crippen molar-refractivity contribution in [2.75, 3.05) is 7.05 Å². The van der Waals surface area contributed by atoms with Gasteiger partial charge in [-0.15, -0.1) is 11.3 Å². The van der Waals surface area contributed by atoms with Gasteiger partial charge in [0.1, 0.15) is 10.7 Å². The molecule has 1 saturated carbocycles. The SMILES string of the molecule is CC(C1CC1)N(C)C(=O)c1csc(-c2cccc(Cl)c2)n1. The van der Waals surface area contributed by atoms with Crippen LogP contribution in [0.25, 0.3) is 10.6 Å². The molecular formula is C16H17ClN2OS. The highest BCUT2D eigenvalue weighted by Crippen LogP contribution is 2.35. The monoisotopic (exact) mass is 320 g/mol. The van der Waals surface area contributed by atoms with Crippen LogP contribution in [-0.4, -0.2) is 28.9 Å². The first-order valence-corrected chi connectivity index (χ1v) is 8.30. The van der Waals surface area contributed by atoms with Gasteiger partial charge in [0.25, 0.3) is 5.91 Å². The van der Waals surface area contributed by atoms with E-state index < -0.39 is 0 Å². The highest BCUT2D eigenvalue weighted by Gasteiger charge is 2.33. The molecule has 1 aromatic heterocycles. The Morgan fingerprint density at radius 2 is 2.24 bits per heavy atom. The van der Waals surface area contributed by atoms with Gasteiger partial charge in [0.2, 0.25) is 0 Å². The number of thiazole rings is 1. The second-order valence-corrected chi connectivity index (χ2v) is 6.84. The fourth-order valence-electron chi connectivity index (χ4n) is 2.39. The van der Waals surface area contributed by atoms with Crippen LogP contribution in [0.4, 0.5) is 0 Å². The van der Waals surface area contributed by atoms with E-state index in [1.165, 1.54) is 24.2 Å². The summed E-state index contributed by atoms with van der Waals surface area (Å²) in [6, 6.07) is 7.83. The maximum Gasteiger partial charge on any atom is 0.273 e. The minimum atomic E-state index is -0.000993. The van der Waals surface area contributed by atoms with Gasteiger partial charge in [0.15, 0.2) is 0 Å². The molecule has 5 heteroatoms. The first-order valence-electron chi connectivity index (χ1n) is 7.05. The molecule has 3 rings (SSSR count). The zero-order valence-corrected chi connectivity index (χ0v) is 13.6. The van der Waals surface area contributed by atoms with E-state index in [1.807, 2.05) is 41.6 Å². The Morgan fingerprint density at radius 1 is 1.48 bits per heavy atom. The molecule has 1 aliphatic carbocycles. The summed E-state index contributed by atoms with van der Waals surface area (Å²) in [7, 11) is 1.86. The van der Waals surface area contributed by atoms with Crippen LogP contribution in [0.1, 0.15) is 30.3 Å². The van der Waals surface area contributed by atoms with Crippen LogP contribution in [0.3, 0.4) is 0 Å². The Bertz CT molecular complexity index is 666. The number of aromatic nitrogens is 1. The zero-order chi connectivity index (χ0) is 15.0. The minimum Gasteiger partial charge on any atom is -0.337 e.